The van der Waals surface area contributed by atoms with E-state index in [9.17, 15) is 0 Å². The van der Waals surface area contributed by atoms with Crippen molar-refractivity contribution in [3.05, 3.63) is 34.6 Å². The van der Waals surface area contributed by atoms with Crippen LogP contribution in [0.4, 0.5) is 0 Å². The molecule has 0 atom stereocenters. The van der Waals surface area contributed by atoms with Crippen LogP contribution in [0.15, 0.2) is 33.2 Å². The van der Waals surface area contributed by atoms with Crippen molar-refractivity contribution in [3.63, 3.8) is 0 Å². The molecule has 0 radical (unpaired) electrons. The summed E-state index contributed by atoms with van der Waals surface area (Å²) in [5.74, 6) is 0.753. The van der Waals surface area contributed by atoms with Crippen LogP contribution < -0.4 is 5.32 Å². The fraction of sp³-hybridized carbons (Fsp3) is 0.250. The van der Waals surface area contributed by atoms with Crippen molar-refractivity contribution in [1.82, 2.24) is 10.3 Å². The number of fused-ring (bicyclic) bond motifs is 1. The second kappa shape index (κ2) is 4.03. The second-order valence-corrected chi connectivity index (χ2v) is 4.64. The van der Waals surface area contributed by atoms with Crippen LogP contribution in [0.25, 0.3) is 16.7 Å². The number of hydrogen-bond acceptors (Lipinski definition) is 3. The third kappa shape index (κ3) is 1.68. The molecule has 1 aliphatic rings. The lowest BCUT2D eigenvalue weighted by molar-refractivity contribution is 0.574. The van der Waals surface area contributed by atoms with Crippen molar-refractivity contribution in [2.75, 3.05) is 13.1 Å². The molecule has 16 heavy (non-hydrogen) atoms. The van der Waals surface area contributed by atoms with Gasteiger partial charge in [-0.05, 0) is 41.0 Å². The van der Waals surface area contributed by atoms with Crippen LogP contribution >= 0.6 is 15.9 Å². The smallest absolute Gasteiger partial charge is 0.223 e. The number of oxazole rings is 1. The standard InChI is InChI=1S/C12H11BrN2O/c13-9-2-1-3-10-11(9)15-12(16-10)8-4-6-14-7-5-8/h1-4,14H,5-7H2. The molecule has 0 spiro atoms. The molecule has 3 nitrogen and oxygen atoms in total. The van der Waals surface area contributed by atoms with Gasteiger partial charge in [-0.25, -0.2) is 4.98 Å². The maximum atomic E-state index is 5.75. The van der Waals surface area contributed by atoms with E-state index < -0.39 is 0 Å². The number of benzene rings is 1. The average molecular weight is 279 g/mol. The predicted octanol–water partition coefficient (Wildman–Crippen LogP) is 2.97. The molecule has 3 rings (SSSR count). The molecule has 0 aliphatic carbocycles. The van der Waals surface area contributed by atoms with Gasteiger partial charge in [-0.2, -0.15) is 0 Å². The van der Waals surface area contributed by atoms with E-state index in [1.807, 2.05) is 18.2 Å². The van der Waals surface area contributed by atoms with Crippen LogP contribution in [0.1, 0.15) is 12.3 Å². The van der Waals surface area contributed by atoms with Crippen LogP contribution in [0.2, 0.25) is 0 Å². The van der Waals surface area contributed by atoms with Crippen LogP contribution in [0.5, 0.6) is 0 Å². The van der Waals surface area contributed by atoms with E-state index in [0.717, 1.165) is 41.0 Å². The Morgan fingerprint density at radius 2 is 2.31 bits per heavy atom. The molecular formula is C12H11BrN2O. The minimum atomic E-state index is 0.753. The van der Waals surface area contributed by atoms with Gasteiger partial charge in [0.2, 0.25) is 5.89 Å². The molecule has 1 aliphatic heterocycles. The highest BCUT2D eigenvalue weighted by Crippen LogP contribution is 2.28. The predicted molar refractivity (Wildman–Crippen MR) is 67.2 cm³/mol. The first-order chi connectivity index (χ1) is 7.84. The molecule has 1 aromatic carbocycles. The fourth-order valence-electron chi connectivity index (χ4n) is 1.87. The van der Waals surface area contributed by atoms with Crippen molar-refractivity contribution in [2.24, 2.45) is 0 Å². The van der Waals surface area contributed by atoms with E-state index in [1.165, 1.54) is 5.57 Å². The zero-order chi connectivity index (χ0) is 11.0. The lowest BCUT2D eigenvalue weighted by atomic mass is 10.1. The topological polar surface area (TPSA) is 38.1 Å². The van der Waals surface area contributed by atoms with Gasteiger partial charge in [0.1, 0.15) is 5.52 Å². The fourth-order valence-corrected chi connectivity index (χ4v) is 2.31. The summed E-state index contributed by atoms with van der Waals surface area (Å²) in [5.41, 5.74) is 2.93. The molecule has 0 bridgehead atoms. The third-order valence-corrected chi connectivity index (χ3v) is 3.35. The molecule has 1 N–H and O–H groups in total. The minimum absolute atomic E-state index is 0.753. The largest absolute Gasteiger partial charge is 0.436 e. The molecule has 82 valence electrons. The van der Waals surface area contributed by atoms with E-state index in [-0.39, 0.29) is 0 Å². The first-order valence-corrected chi connectivity index (χ1v) is 6.09. The first kappa shape index (κ1) is 10.1. The van der Waals surface area contributed by atoms with E-state index in [4.69, 9.17) is 4.42 Å². The highest BCUT2D eigenvalue weighted by molar-refractivity contribution is 9.10. The third-order valence-electron chi connectivity index (χ3n) is 2.71. The van der Waals surface area contributed by atoms with Crippen molar-refractivity contribution in [1.29, 1.82) is 0 Å². The summed E-state index contributed by atoms with van der Waals surface area (Å²) in [7, 11) is 0. The van der Waals surface area contributed by atoms with Gasteiger partial charge in [0, 0.05) is 16.6 Å². The van der Waals surface area contributed by atoms with Crippen LogP contribution in [-0.2, 0) is 0 Å². The summed E-state index contributed by atoms with van der Waals surface area (Å²) in [6.07, 6.45) is 3.12. The summed E-state index contributed by atoms with van der Waals surface area (Å²) >= 11 is 3.48. The zero-order valence-electron chi connectivity index (χ0n) is 8.66. The highest BCUT2D eigenvalue weighted by Gasteiger charge is 2.13. The summed E-state index contributed by atoms with van der Waals surface area (Å²) in [4.78, 5) is 4.53. The number of para-hydroxylation sites is 1. The summed E-state index contributed by atoms with van der Waals surface area (Å²) in [6.45, 7) is 1.89. The summed E-state index contributed by atoms with van der Waals surface area (Å²) in [6, 6.07) is 5.88. The summed E-state index contributed by atoms with van der Waals surface area (Å²) < 4.78 is 6.73. The molecule has 0 saturated heterocycles. The molecular weight excluding hydrogens is 268 g/mol. The van der Waals surface area contributed by atoms with E-state index >= 15 is 0 Å². The lowest BCUT2D eigenvalue weighted by Crippen LogP contribution is -2.20. The molecule has 2 heterocycles. The Morgan fingerprint density at radius 3 is 3.06 bits per heavy atom. The number of nitrogens with zero attached hydrogens (tertiary/aromatic N) is 1. The number of halogens is 1. The van der Waals surface area contributed by atoms with E-state index in [1.54, 1.807) is 0 Å². The van der Waals surface area contributed by atoms with Gasteiger partial charge in [0.05, 0.1) is 0 Å². The maximum absolute atomic E-state index is 5.75. The molecule has 0 unspecified atom stereocenters. The van der Waals surface area contributed by atoms with Crippen molar-refractivity contribution in [3.8, 4) is 0 Å². The second-order valence-electron chi connectivity index (χ2n) is 3.79. The summed E-state index contributed by atoms with van der Waals surface area (Å²) in [5, 5.41) is 3.27. The molecule has 2 aromatic rings. The quantitative estimate of drug-likeness (QED) is 0.872. The molecule has 0 amide bonds. The molecule has 0 saturated carbocycles. The van der Waals surface area contributed by atoms with Gasteiger partial charge in [-0.3, -0.25) is 0 Å². The van der Waals surface area contributed by atoms with Gasteiger partial charge in [-0.15, -0.1) is 0 Å². The Morgan fingerprint density at radius 1 is 1.38 bits per heavy atom. The number of hydrogen-bond donors (Lipinski definition) is 1. The Bertz CT molecular complexity index is 559. The first-order valence-electron chi connectivity index (χ1n) is 5.30. The van der Waals surface area contributed by atoms with Gasteiger partial charge in [0.15, 0.2) is 5.58 Å². The van der Waals surface area contributed by atoms with Gasteiger partial charge < -0.3 is 9.73 Å². The minimum Gasteiger partial charge on any atom is -0.436 e. The van der Waals surface area contributed by atoms with E-state index in [0.29, 0.717) is 0 Å². The van der Waals surface area contributed by atoms with Crippen LogP contribution in [0, 0.1) is 0 Å². The lowest BCUT2D eigenvalue weighted by Gasteiger charge is -2.10. The van der Waals surface area contributed by atoms with E-state index in [2.05, 4.69) is 32.3 Å². The normalized spacial score (nSPS) is 16.4. The van der Waals surface area contributed by atoms with Gasteiger partial charge in [0.25, 0.3) is 0 Å². The Labute approximate surface area is 102 Å². The SMILES string of the molecule is Brc1cccc2oc(C3=CCNCC3)nc12. The van der Waals surface area contributed by atoms with Crippen LogP contribution in [0.3, 0.4) is 0 Å². The van der Waals surface area contributed by atoms with Gasteiger partial charge >= 0.3 is 0 Å². The maximum Gasteiger partial charge on any atom is 0.223 e. The molecule has 1 aromatic heterocycles. The Hall–Kier alpha value is -1.13. The van der Waals surface area contributed by atoms with Crippen molar-refractivity contribution in [2.45, 2.75) is 6.42 Å². The average Bonchev–Trinajstić information content (AvgIpc) is 2.76. The zero-order valence-corrected chi connectivity index (χ0v) is 10.3. The molecule has 4 heteroatoms. The monoisotopic (exact) mass is 278 g/mol. The Balaban J connectivity index is 2.11. The number of nitrogens with one attached hydrogen (secondary N) is 1. The van der Waals surface area contributed by atoms with Gasteiger partial charge in [-0.1, -0.05) is 12.1 Å². The highest BCUT2D eigenvalue weighted by atomic mass is 79.9. The Kier molecular flexibility index (Phi) is 2.53. The van der Waals surface area contributed by atoms with Crippen molar-refractivity contribution < 1.29 is 4.42 Å². The van der Waals surface area contributed by atoms with Crippen LogP contribution in [-0.4, -0.2) is 18.1 Å². The number of aromatic nitrogens is 1. The molecule has 0 fully saturated rings. The van der Waals surface area contributed by atoms with Crippen molar-refractivity contribution >= 4 is 32.6 Å². The number of rotatable bonds is 1.